The van der Waals surface area contributed by atoms with Crippen LogP contribution in [0.25, 0.3) is 0 Å². The lowest BCUT2D eigenvalue weighted by atomic mass is 10.2. The lowest BCUT2D eigenvalue weighted by Crippen LogP contribution is -2.09. The standard InChI is InChI=1S/C11H10N4/c1-9-4-5-10(8-12)11(13-9)14-15-6-2-3-7-15/h2-7H,1H3,(H,13,14). The van der Waals surface area contributed by atoms with E-state index in [0.717, 1.165) is 5.69 Å². The highest BCUT2D eigenvalue weighted by Crippen LogP contribution is 2.12. The molecule has 0 radical (unpaired) electrons. The molecule has 4 nitrogen and oxygen atoms in total. The van der Waals surface area contributed by atoms with Gasteiger partial charge in [-0.2, -0.15) is 5.26 Å². The number of aryl methyl sites for hydroxylation is 1. The Hall–Kier alpha value is -2.28. The van der Waals surface area contributed by atoms with Gasteiger partial charge in [0.15, 0.2) is 5.82 Å². The van der Waals surface area contributed by atoms with Gasteiger partial charge in [0.05, 0.1) is 5.56 Å². The lowest BCUT2D eigenvalue weighted by Gasteiger charge is -2.08. The summed E-state index contributed by atoms with van der Waals surface area (Å²) in [6.45, 7) is 1.89. The Morgan fingerprint density at radius 1 is 1.33 bits per heavy atom. The molecule has 0 fully saturated rings. The van der Waals surface area contributed by atoms with Crippen molar-refractivity contribution in [2.45, 2.75) is 6.92 Å². The Morgan fingerprint density at radius 3 is 2.73 bits per heavy atom. The van der Waals surface area contributed by atoms with Crippen LogP contribution in [0.15, 0.2) is 36.7 Å². The first kappa shape index (κ1) is 9.28. The molecule has 0 aromatic carbocycles. The molecule has 0 aliphatic carbocycles. The summed E-state index contributed by atoms with van der Waals surface area (Å²) in [5.41, 5.74) is 4.44. The molecule has 15 heavy (non-hydrogen) atoms. The number of hydrogen-bond acceptors (Lipinski definition) is 3. The summed E-state index contributed by atoms with van der Waals surface area (Å²) in [5, 5.41) is 8.90. The third kappa shape index (κ3) is 1.97. The van der Waals surface area contributed by atoms with Crippen LogP contribution < -0.4 is 5.43 Å². The molecule has 0 aliphatic heterocycles. The molecule has 0 unspecified atom stereocenters. The monoisotopic (exact) mass is 198 g/mol. The molecule has 0 saturated carbocycles. The van der Waals surface area contributed by atoms with Gasteiger partial charge in [-0.1, -0.05) is 0 Å². The molecule has 1 N–H and O–H groups in total. The Bertz CT molecular complexity index is 494. The third-order valence-corrected chi connectivity index (χ3v) is 1.99. The summed E-state index contributed by atoms with van der Waals surface area (Å²) in [6.07, 6.45) is 3.70. The molecular formula is C11H10N4. The van der Waals surface area contributed by atoms with Crippen molar-refractivity contribution in [2.24, 2.45) is 0 Å². The van der Waals surface area contributed by atoms with E-state index in [1.165, 1.54) is 0 Å². The molecule has 0 bridgehead atoms. The molecule has 0 atom stereocenters. The Kier molecular flexibility index (Phi) is 2.38. The van der Waals surface area contributed by atoms with Gasteiger partial charge in [0.1, 0.15) is 6.07 Å². The summed E-state index contributed by atoms with van der Waals surface area (Å²) in [7, 11) is 0. The van der Waals surface area contributed by atoms with Crippen LogP contribution in [-0.2, 0) is 0 Å². The third-order valence-electron chi connectivity index (χ3n) is 1.99. The van der Waals surface area contributed by atoms with Gasteiger partial charge in [-0.3, -0.25) is 10.1 Å². The van der Waals surface area contributed by atoms with Gasteiger partial charge in [-0.25, -0.2) is 4.98 Å². The zero-order chi connectivity index (χ0) is 10.7. The van der Waals surface area contributed by atoms with Gasteiger partial charge < -0.3 is 0 Å². The van der Waals surface area contributed by atoms with Crippen LogP contribution in [-0.4, -0.2) is 9.66 Å². The van der Waals surface area contributed by atoms with E-state index in [1.807, 2.05) is 37.5 Å². The smallest absolute Gasteiger partial charge is 0.163 e. The number of nitrogens with zero attached hydrogens (tertiary/aromatic N) is 3. The first-order valence-electron chi connectivity index (χ1n) is 4.57. The minimum absolute atomic E-state index is 0.536. The van der Waals surface area contributed by atoms with Crippen LogP contribution in [0.5, 0.6) is 0 Å². The van der Waals surface area contributed by atoms with Gasteiger partial charge in [-0.05, 0) is 31.2 Å². The fourth-order valence-corrected chi connectivity index (χ4v) is 1.26. The molecule has 74 valence electrons. The van der Waals surface area contributed by atoms with Crippen LogP contribution in [0.2, 0.25) is 0 Å². The average molecular weight is 198 g/mol. The minimum Gasteiger partial charge on any atom is -0.277 e. The van der Waals surface area contributed by atoms with E-state index >= 15 is 0 Å². The number of hydrogen-bond donors (Lipinski definition) is 1. The van der Waals surface area contributed by atoms with Crippen molar-refractivity contribution >= 4 is 5.82 Å². The second-order valence-electron chi connectivity index (χ2n) is 3.16. The van der Waals surface area contributed by atoms with Gasteiger partial charge in [-0.15, -0.1) is 0 Å². The SMILES string of the molecule is Cc1ccc(C#N)c(Nn2cccc2)n1. The van der Waals surface area contributed by atoms with Gasteiger partial charge in [0.2, 0.25) is 0 Å². The predicted octanol–water partition coefficient (Wildman–Crippen LogP) is 1.94. The van der Waals surface area contributed by atoms with E-state index in [9.17, 15) is 0 Å². The van der Waals surface area contributed by atoms with Crippen molar-refractivity contribution in [3.05, 3.63) is 47.9 Å². The van der Waals surface area contributed by atoms with Crippen molar-refractivity contribution in [1.82, 2.24) is 9.66 Å². The summed E-state index contributed by atoms with van der Waals surface area (Å²) >= 11 is 0. The fraction of sp³-hybridized carbons (Fsp3) is 0.0909. The summed E-state index contributed by atoms with van der Waals surface area (Å²) in [6, 6.07) is 9.47. The summed E-state index contributed by atoms with van der Waals surface area (Å²) < 4.78 is 1.75. The topological polar surface area (TPSA) is 53.6 Å². The fourth-order valence-electron chi connectivity index (χ4n) is 1.26. The molecule has 2 aromatic rings. The first-order chi connectivity index (χ1) is 7.29. The highest BCUT2D eigenvalue weighted by Gasteiger charge is 2.03. The zero-order valence-electron chi connectivity index (χ0n) is 8.31. The van der Waals surface area contributed by atoms with Gasteiger partial charge >= 0.3 is 0 Å². The van der Waals surface area contributed by atoms with E-state index in [2.05, 4.69) is 16.5 Å². The Morgan fingerprint density at radius 2 is 2.07 bits per heavy atom. The summed E-state index contributed by atoms with van der Waals surface area (Å²) in [5.74, 6) is 0.578. The van der Waals surface area contributed by atoms with E-state index in [4.69, 9.17) is 5.26 Å². The maximum Gasteiger partial charge on any atom is 0.163 e. The zero-order valence-corrected chi connectivity index (χ0v) is 8.31. The minimum atomic E-state index is 0.536. The largest absolute Gasteiger partial charge is 0.277 e. The molecule has 2 heterocycles. The van der Waals surface area contributed by atoms with Crippen molar-refractivity contribution in [2.75, 3.05) is 5.43 Å². The van der Waals surface area contributed by atoms with Crippen LogP contribution >= 0.6 is 0 Å². The first-order valence-corrected chi connectivity index (χ1v) is 4.57. The predicted molar refractivity (Wildman–Crippen MR) is 57.1 cm³/mol. The second kappa shape index (κ2) is 3.84. The number of aromatic nitrogens is 2. The number of nitriles is 1. The van der Waals surface area contributed by atoms with Crippen molar-refractivity contribution < 1.29 is 0 Å². The maximum absolute atomic E-state index is 8.90. The number of pyridine rings is 1. The molecule has 0 spiro atoms. The number of nitrogens with one attached hydrogen (secondary N) is 1. The van der Waals surface area contributed by atoms with E-state index in [1.54, 1.807) is 10.7 Å². The average Bonchev–Trinajstić information content (AvgIpc) is 2.71. The van der Waals surface area contributed by atoms with Crippen LogP contribution in [0.3, 0.4) is 0 Å². The van der Waals surface area contributed by atoms with E-state index in [-0.39, 0.29) is 0 Å². The molecule has 2 aromatic heterocycles. The molecule has 0 saturated heterocycles. The van der Waals surface area contributed by atoms with Crippen molar-refractivity contribution in [3.8, 4) is 6.07 Å². The molecule has 0 amide bonds. The second-order valence-corrected chi connectivity index (χ2v) is 3.16. The van der Waals surface area contributed by atoms with E-state index in [0.29, 0.717) is 11.4 Å². The van der Waals surface area contributed by atoms with Crippen LogP contribution in [0.4, 0.5) is 5.82 Å². The quantitative estimate of drug-likeness (QED) is 0.802. The number of anilines is 1. The van der Waals surface area contributed by atoms with Crippen molar-refractivity contribution in [1.29, 1.82) is 5.26 Å². The highest BCUT2D eigenvalue weighted by atomic mass is 15.4. The molecule has 4 heteroatoms. The Balaban J connectivity index is 2.35. The summed E-state index contributed by atoms with van der Waals surface area (Å²) in [4.78, 5) is 4.26. The maximum atomic E-state index is 8.90. The molecule has 0 aliphatic rings. The Labute approximate surface area is 87.8 Å². The number of rotatable bonds is 2. The van der Waals surface area contributed by atoms with Crippen LogP contribution in [0.1, 0.15) is 11.3 Å². The molecule has 2 rings (SSSR count). The van der Waals surface area contributed by atoms with E-state index < -0.39 is 0 Å². The van der Waals surface area contributed by atoms with Gasteiger partial charge in [0, 0.05) is 18.1 Å². The van der Waals surface area contributed by atoms with Crippen LogP contribution in [0, 0.1) is 18.3 Å². The highest BCUT2D eigenvalue weighted by molar-refractivity contribution is 5.51. The molecular weight excluding hydrogens is 188 g/mol. The lowest BCUT2D eigenvalue weighted by molar-refractivity contribution is 0.945. The normalized spacial score (nSPS) is 9.60. The van der Waals surface area contributed by atoms with Crippen molar-refractivity contribution in [3.63, 3.8) is 0 Å². The van der Waals surface area contributed by atoms with Gasteiger partial charge in [0.25, 0.3) is 0 Å².